The van der Waals surface area contributed by atoms with Crippen molar-refractivity contribution in [1.82, 2.24) is 0 Å². The molecule has 0 heterocycles. The number of amides is 1. The first-order chi connectivity index (χ1) is 11.7. The highest BCUT2D eigenvalue weighted by Crippen LogP contribution is 2.28. The second-order valence-corrected chi connectivity index (χ2v) is 5.06. The van der Waals surface area contributed by atoms with E-state index in [0.717, 1.165) is 5.56 Å². The van der Waals surface area contributed by atoms with Crippen molar-refractivity contribution in [3.8, 4) is 17.6 Å². The van der Waals surface area contributed by atoms with Crippen LogP contribution in [0.1, 0.15) is 25.0 Å². The molecule has 0 atom stereocenters. The lowest BCUT2D eigenvalue weighted by molar-refractivity contribution is -0.115. The standard InChI is InChI=1S/C19H20N2O3/c1-3-23-17-9-8-14(11-18(17)24-4-2)12-19(22)21-16-7-5-6-15(10-16)13-20/h5-11H,3-4,12H2,1-2H3,(H,21,22). The van der Waals surface area contributed by atoms with Crippen LogP contribution >= 0.6 is 0 Å². The van der Waals surface area contributed by atoms with Crippen molar-refractivity contribution in [3.63, 3.8) is 0 Å². The number of nitrogens with one attached hydrogen (secondary N) is 1. The largest absolute Gasteiger partial charge is 0.490 e. The molecule has 2 aromatic carbocycles. The van der Waals surface area contributed by atoms with Gasteiger partial charge in [0.1, 0.15) is 0 Å². The van der Waals surface area contributed by atoms with Crippen molar-refractivity contribution in [2.24, 2.45) is 0 Å². The zero-order valence-electron chi connectivity index (χ0n) is 13.8. The molecule has 2 aromatic rings. The van der Waals surface area contributed by atoms with E-state index in [0.29, 0.717) is 36.0 Å². The Morgan fingerprint density at radius 3 is 2.54 bits per heavy atom. The third-order valence-corrected chi connectivity index (χ3v) is 3.25. The first kappa shape index (κ1) is 17.4. The maximum Gasteiger partial charge on any atom is 0.228 e. The Labute approximate surface area is 141 Å². The van der Waals surface area contributed by atoms with Crippen LogP contribution in [0.3, 0.4) is 0 Å². The Bertz CT molecular complexity index is 751. The smallest absolute Gasteiger partial charge is 0.228 e. The molecule has 1 amide bonds. The second-order valence-electron chi connectivity index (χ2n) is 5.06. The van der Waals surface area contributed by atoms with Gasteiger partial charge >= 0.3 is 0 Å². The fourth-order valence-electron chi connectivity index (χ4n) is 2.26. The van der Waals surface area contributed by atoms with Crippen LogP contribution in [-0.2, 0) is 11.2 Å². The van der Waals surface area contributed by atoms with E-state index in [1.165, 1.54) is 0 Å². The number of hydrogen-bond donors (Lipinski definition) is 1. The molecule has 1 N–H and O–H groups in total. The van der Waals surface area contributed by atoms with Gasteiger partial charge in [-0.2, -0.15) is 5.26 Å². The number of anilines is 1. The number of nitrogens with zero attached hydrogens (tertiary/aromatic N) is 1. The molecular weight excluding hydrogens is 304 g/mol. The van der Waals surface area contributed by atoms with E-state index in [1.807, 2.05) is 38.1 Å². The van der Waals surface area contributed by atoms with E-state index in [1.54, 1.807) is 24.3 Å². The number of hydrogen-bond acceptors (Lipinski definition) is 4. The molecule has 2 rings (SSSR count). The highest BCUT2D eigenvalue weighted by atomic mass is 16.5. The Balaban J connectivity index is 2.08. The van der Waals surface area contributed by atoms with Gasteiger partial charge in [-0.15, -0.1) is 0 Å². The average molecular weight is 324 g/mol. The predicted octanol–water partition coefficient (Wildman–Crippen LogP) is 3.54. The molecule has 0 bridgehead atoms. The first-order valence-electron chi connectivity index (χ1n) is 7.84. The minimum atomic E-state index is -0.156. The fourth-order valence-corrected chi connectivity index (χ4v) is 2.26. The molecule has 0 aliphatic heterocycles. The Morgan fingerprint density at radius 2 is 1.83 bits per heavy atom. The fraction of sp³-hybridized carbons (Fsp3) is 0.263. The van der Waals surface area contributed by atoms with Crippen molar-refractivity contribution in [2.75, 3.05) is 18.5 Å². The molecule has 124 valence electrons. The number of carbonyl (C=O) groups is 1. The Kier molecular flexibility index (Phi) is 6.21. The molecule has 0 spiro atoms. The quantitative estimate of drug-likeness (QED) is 0.845. The van der Waals surface area contributed by atoms with E-state index in [4.69, 9.17) is 14.7 Å². The third kappa shape index (κ3) is 4.75. The van der Waals surface area contributed by atoms with Crippen molar-refractivity contribution in [3.05, 3.63) is 53.6 Å². The van der Waals surface area contributed by atoms with Crippen LogP contribution in [0.2, 0.25) is 0 Å². The first-order valence-corrected chi connectivity index (χ1v) is 7.84. The van der Waals surface area contributed by atoms with Gasteiger partial charge in [-0.05, 0) is 49.7 Å². The van der Waals surface area contributed by atoms with Crippen LogP contribution in [-0.4, -0.2) is 19.1 Å². The van der Waals surface area contributed by atoms with E-state index in [-0.39, 0.29) is 12.3 Å². The summed E-state index contributed by atoms with van der Waals surface area (Å²) in [5.74, 6) is 1.15. The Morgan fingerprint density at radius 1 is 1.08 bits per heavy atom. The summed E-state index contributed by atoms with van der Waals surface area (Å²) in [7, 11) is 0. The summed E-state index contributed by atoms with van der Waals surface area (Å²) < 4.78 is 11.1. The Hall–Kier alpha value is -3.00. The number of rotatable bonds is 7. The predicted molar refractivity (Wildman–Crippen MR) is 92.3 cm³/mol. The lowest BCUT2D eigenvalue weighted by atomic mass is 10.1. The van der Waals surface area contributed by atoms with Crippen LogP contribution in [0, 0.1) is 11.3 Å². The molecule has 5 heteroatoms. The van der Waals surface area contributed by atoms with Gasteiger partial charge in [0.05, 0.1) is 31.3 Å². The van der Waals surface area contributed by atoms with Crippen molar-refractivity contribution in [2.45, 2.75) is 20.3 Å². The van der Waals surface area contributed by atoms with Crippen LogP contribution in [0.15, 0.2) is 42.5 Å². The molecule has 0 saturated carbocycles. The minimum Gasteiger partial charge on any atom is -0.490 e. The number of ether oxygens (including phenoxy) is 2. The van der Waals surface area contributed by atoms with Crippen LogP contribution < -0.4 is 14.8 Å². The highest BCUT2D eigenvalue weighted by Gasteiger charge is 2.10. The maximum absolute atomic E-state index is 12.2. The minimum absolute atomic E-state index is 0.156. The third-order valence-electron chi connectivity index (χ3n) is 3.25. The molecule has 0 fully saturated rings. The molecule has 0 aromatic heterocycles. The van der Waals surface area contributed by atoms with Crippen LogP contribution in [0.25, 0.3) is 0 Å². The molecule has 0 saturated heterocycles. The summed E-state index contributed by atoms with van der Waals surface area (Å²) in [6.07, 6.45) is 0.212. The van der Waals surface area contributed by atoms with Crippen molar-refractivity contribution >= 4 is 11.6 Å². The van der Waals surface area contributed by atoms with Crippen molar-refractivity contribution < 1.29 is 14.3 Å². The number of carbonyl (C=O) groups excluding carboxylic acids is 1. The zero-order valence-corrected chi connectivity index (χ0v) is 13.8. The van der Waals surface area contributed by atoms with Gasteiger partial charge in [0.15, 0.2) is 11.5 Å². The normalized spacial score (nSPS) is 9.88. The van der Waals surface area contributed by atoms with Gasteiger partial charge in [-0.1, -0.05) is 12.1 Å². The van der Waals surface area contributed by atoms with Gasteiger partial charge in [0, 0.05) is 5.69 Å². The molecule has 5 nitrogen and oxygen atoms in total. The molecule has 24 heavy (non-hydrogen) atoms. The molecular formula is C19H20N2O3. The summed E-state index contributed by atoms with van der Waals surface area (Å²) in [5, 5.41) is 11.7. The van der Waals surface area contributed by atoms with Gasteiger partial charge < -0.3 is 14.8 Å². The summed E-state index contributed by atoms with van der Waals surface area (Å²) in [6, 6.07) is 14.3. The maximum atomic E-state index is 12.2. The second kappa shape index (κ2) is 8.59. The topological polar surface area (TPSA) is 71.3 Å². The molecule has 0 unspecified atom stereocenters. The van der Waals surface area contributed by atoms with E-state index < -0.39 is 0 Å². The van der Waals surface area contributed by atoms with Crippen molar-refractivity contribution in [1.29, 1.82) is 5.26 Å². The summed E-state index contributed by atoms with van der Waals surface area (Å²) in [4.78, 5) is 12.2. The van der Waals surface area contributed by atoms with Crippen LogP contribution in [0.4, 0.5) is 5.69 Å². The van der Waals surface area contributed by atoms with Gasteiger partial charge in [0.25, 0.3) is 0 Å². The van der Waals surface area contributed by atoms with Gasteiger partial charge in [-0.25, -0.2) is 0 Å². The lowest BCUT2D eigenvalue weighted by Gasteiger charge is -2.12. The lowest BCUT2D eigenvalue weighted by Crippen LogP contribution is -2.14. The van der Waals surface area contributed by atoms with Gasteiger partial charge in [0.2, 0.25) is 5.91 Å². The van der Waals surface area contributed by atoms with Gasteiger partial charge in [-0.3, -0.25) is 4.79 Å². The number of benzene rings is 2. The van der Waals surface area contributed by atoms with E-state index >= 15 is 0 Å². The molecule has 0 aliphatic carbocycles. The van der Waals surface area contributed by atoms with Crippen LogP contribution in [0.5, 0.6) is 11.5 Å². The summed E-state index contributed by atoms with van der Waals surface area (Å²) in [5.41, 5.74) is 1.94. The number of nitriles is 1. The molecule has 0 radical (unpaired) electrons. The zero-order chi connectivity index (χ0) is 17.4. The SMILES string of the molecule is CCOc1ccc(CC(=O)Nc2cccc(C#N)c2)cc1OCC. The molecule has 0 aliphatic rings. The monoisotopic (exact) mass is 324 g/mol. The average Bonchev–Trinajstić information content (AvgIpc) is 2.57. The summed E-state index contributed by atoms with van der Waals surface area (Å²) in [6.45, 7) is 4.88. The summed E-state index contributed by atoms with van der Waals surface area (Å²) >= 11 is 0. The highest BCUT2D eigenvalue weighted by molar-refractivity contribution is 5.92. The van der Waals surface area contributed by atoms with E-state index in [9.17, 15) is 4.79 Å². The van der Waals surface area contributed by atoms with E-state index in [2.05, 4.69) is 5.32 Å².